The number of ketones is 1. The second-order valence-electron chi connectivity index (χ2n) is 7.69. The molecule has 0 unspecified atom stereocenters. The zero-order valence-corrected chi connectivity index (χ0v) is 18.5. The fourth-order valence-electron chi connectivity index (χ4n) is 4.11. The zero-order chi connectivity index (χ0) is 22.9. The fourth-order valence-corrected chi connectivity index (χ4v) is 4.39. The predicted octanol–water partition coefficient (Wildman–Crippen LogP) is 4.15. The van der Waals surface area contributed by atoms with Gasteiger partial charge in [-0.1, -0.05) is 54.1 Å². The zero-order valence-electron chi connectivity index (χ0n) is 17.7. The highest BCUT2D eigenvalue weighted by atomic mass is 35.5. The number of methoxy groups -OCH3 is 1. The SMILES string of the molecule is COc1ccc(N[C@]2([C@@H](O)C(C)=O)C(=O)N(Cc3ccccc3)c3c(Cl)cccc32)cc1. The summed E-state index contributed by atoms with van der Waals surface area (Å²) in [5.74, 6) is -0.349. The van der Waals surface area contributed by atoms with Gasteiger partial charge in [0.25, 0.3) is 5.91 Å². The lowest BCUT2D eigenvalue weighted by molar-refractivity contribution is -0.136. The number of rotatable bonds is 7. The lowest BCUT2D eigenvalue weighted by Crippen LogP contribution is -2.56. The number of aliphatic hydroxyl groups is 1. The van der Waals surface area contributed by atoms with Crippen molar-refractivity contribution in [2.45, 2.75) is 25.1 Å². The Kier molecular flexibility index (Phi) is 5.91. The summed E-state index contributed by atoms with van der Waals surface area (Å²) in [5.41, 5.74) is 0.639. The highest BCUT2D eigenvalue weighted by Crippen LogP contribution is 2.48. The van der Waals surface area contributed by atoms with Crippen molar-refractivity contribution in [2.75, 3.05) is 17.3 Å². The van der Waals surface area contributed by atoms with Gasteiger partial charge in [0.1, 0.15) is 11.9 Å². The topological polar surface area (TPSA) is 78.9 Å². The number of aliphatic hydroxyl groups excluding tert-OH is 1. The summed E-state index contributed by atoms with van der Waals surface area (Å²) in [6, 6.07) is 21.5. The molecule has 4 rings (SSSR count). The van der Waals surface area contributed by atoms with Crippen LogP contribution in [-0.4, -0.2) is 30.0 Å². The normalized spacial score (nSPS) is 18.2. The maximum atomic E-state index is 14.0. The van der Waals surface area contributed by atoms with Crippen molar-refractivity contribution in [2.24, 2.45) is 0 Å². The Morgan fingerprint density at radius 3 is 2.41 bits per heavy atom. The van der Waals surface area contributed by atoms with Crippen LogP contribution in [-0.2, 0) is 21.7 Å². The van der Waals surface area contributed by atoms with Crippen LogP contribution in [0.15, 0.2) is 72.8 Å². The van der Waals surface area contributed by atoms with Gasteiger partial charge < -0.3 is 20.1 Å². The first-order chi connectivity index (χ1) is 15.4. The largest absolute Gasteiger partial charge is 0.497 e. The summed E-state index contributed by atoms with van der Waals surface area (Å²) in [6.45, 7) is 1.51. The van der Waals surface area contributed by atoms with Crippen LogP contribution in [0.1, 0.15) is 18.1 Å². The molecule has 0 aromatic heterocycles. The molecule has 0 saturated heterocycles. The highest BCUT2D eigenvalue weighted by molar-refractivity contribution is 6.35. The number of nitrogens with one attached hydrogen (secondary N) is 1. The Hall–Kier alpha value is -3.35. The van der Waals surface area contributed by atoms with Gasteiger partial charge >= 0.3 is 0 Å². The van der Waals surface area contributed by atoms with Crippen molar-refractivity contribution in [1.82, 2.24) is 0 Å². The van der Waals surface area contributed by atoms with E-state index in [0.717, 1.165) is 5.56 Å². The van der Waals surface area contributed by atoms with Crippen LogP contribution in [0.3, 0.4) is 0 Å². The summed E-state index contributed by atoms with van der Waals surface area (Å²) >= 11 is 6.55. The van der Waals surface area contributed by atoms with E-state index in [2.05, 4.69) is 5.32 Å². The summed E-state index contributed by atoms with van der Waals surface area (Å²) in [7, 11) is 1.56. The van der Waals surface area contributed by atoms with Crippen molar-refractivity contribution >= 4 is 34.7 Å². The monoisotopic (exact) mass is 450 g/mol. The quantitative estimate of drug-likeness (QED) is 0.565. The number of fused-ring (bicyclic) bond motifs is 1. The van der Waals surface area contributed by atoms with Crippen molar-refractivity contribution in [1.29, 1.82) is 0 Å². The van der Waals surface area contributed by atoms with Crippen LogP contribution in [0.5, 0.6) is 5.75 Å². The third-order valence-corrected chi connectivity index (χ3v) is 5.98. The average Bonchev–Trinajstić information content (AvgIpc) is 3.04. The highest BCUT2D eigenvalue weighted by Gasteiger charge is 2.57. The van der Waals surface area contributed by atoms with Crippen molar-refractivity contribution < 1.29 is 19.4 Å². The van der Waals surface area contributed by atoms with Gasteiger partial charge in [-0.05, 0) is 42.8 Å². The summed E-state index contributed by atoms with van der Waals surface area (Å²) in [4.78, 5) is 27.9. The van der Waals surface area contributed by atoms with Gasteiger partial charge in [0.15, 0.2) is 11.3 Å². The molecule has 32 heavy (non-hydrogen) atoms. The first-order valence-corrected chi connectivity index (χ1v) is 10.5. The van der Waals surface area contributed by atoms with Crippen LogP contribution in [0, 0.1) is 0 Å². The van der Waals surface area contributed by atoms with Gasteiger partial charge in [-0.15, -0.1) is 0 Å². The molecular weight excluding hydrogens is 428 g/mol. The number of Topliss-reactive ketones (excluding diaryl/α,β-unsaturated/α-hetero) is 1. The lowest BCUT2D eigenvalue weighted by Gasteiger charge is -2.34. The third-order valence-electron chi connectivity index (χ3n) is 5.67. The number of halogens is 1. The number of para-hydroxylation sites is 1. The maximum Gasteiger partial charge on any atom is 0.261 e. The third kappa shape index (κ3) is 3.61. The smallest absolute Gasteiger partial charge is 0.261 e. The number of carbonyl (C=O) groups excluding carboxylic acids is 2. The van der Waals surface area contributed by atoms with Gasteiger partial charge in [0, 0.05) is 11.3 Å². The van der Waals surface area contributed by atoms with Crippen molar-refractivity contribution in [3.8, 4) is 5.75 Å². The van der Waals surface area contributed by atoms with Crippen LogP contribution >= 0.6 is 11.6 Å². The van der Waals surface area contributed by atoms with Crippen molar-refractivity contribution in [3.05, 3.63) is 88.9 Å². The molecular formula is C25H23ClN2O4. The number of carbonyl (C=O) groups is 2. The molecule has 0 radical (unpaired) electrons. The summed E-state index contributed by atoms with van der Waals surface area (Å²) < 4.78 is 5.20. The summed E-state index contributed by atoms with van der Waals surface area (Å²) in [5, 5.41) is 14.6. The van der Waals surface area contributed by atoms with E-state index in [1.807, 2.05) is 30.3 Å². The average molecular weight is 451 g/mol. The van der Waals surface area contributed by atoms with Gasteiger partial charge in [0.2, 0.25) is 0 Å². The number of benzene rings is 3. The minimum Gasteiger partial charge on any atom is -0.497 e. The molecule has 0 aliphatic carbocycles. The van der Waals surface area contributed by atoms with Gasteiger partial charge in [0.05, 0.1) is 24.4 Å². The second kappa shape index (κ2) is 8.65. The fraction of sp³-hybridized carbons (Fsp3) is 0.200. The van der Waals surface area contributed by atoms with E-state index in [9.17, 15) is 14.7 Å². The Morgan fingerprint density at radius 2 is 1.78 bits per heavy atom. The molecule has 0 fully saturated rings. The molecule has 2 N–H and O–H groups in total. The molecule has 6 nitrogen and oxygen atoms in total. The van der Waals surface area contributed by atoms with Gasteiger partial charge in [-0.2, -0.15) is 0 Å². The molecule has 3 aromatic rings. The Balaban J connectivity index is 1.87. The number of nitrogens with zero attached hydrogens (tertiary/aromatic N) is 1. The van der Waals surface area contributed by atoms with Crippen LogP contribution < -0.4 is 15.0 Å². The molecule has 0 saturated carbocycles. The molecule has 2 atom stereocenters. The minimum atomic E-state index is -1.73. The van der Waals surface area contributed by atoms with Gasteiger partial charge in [-0.3, -0.25) is 9.59 Å². The Labute approximate surface area is 191 Å². The first kappa shape index (κ1) is 21.9. The molecule has 7 heteroatoms. The predicted molar refractivity (Wildman–Crippen MR) is 124 cm³/mol. The van der Waals surface area contributed by atoms with E-state index < -0.39 is 23.3 Å². The van der Waals surface area contributed by atoms with Crippen LogP contribution in [0.4, 0.5) is 11.4 Å². The van der Waals surface area contributed by atoms with E-state index in [1.54, 1.807) is 49.6 Å². The molecule has 1 aliphatic rings. The van der Waals surface area contributed by atoms with E-state index >= 15 is 0 Å². The Morgan fingerprint density at radius 1 is 1.09 bits per heavy atom. The van der Waals surface area contributed by atoms with E-state index in [1.165, 1.54) is 11.8 Å². The molecule has 1 amide bonds. The second-order valence-corrected chi connectivity index (χ2v) is 8.09. The van der Waals surface area contributed by atoms with Gasteiger partial charge in [-0.25, -0.2) is 0 Å². The van der Waals surface area contributed by atoms with E-state index in [-0.39, 0.29) is 6.54 Å². The molecule has 1 aliphatic heterocycles. The Bertz CT molecular complexity index is 1150. The molecule has 1 heterocycles. The molecule has 0 spiro atoms. The van der Waals surface area contributed by atoms with E-state index in [4.69, 9.17) is 16.3 Å². The lowest BCUT2D eigenvalue weighted by atomic mass is 9.83. The van der Waals surface area contributed by atoms with Crippen LogP contribution in [0.25, 0.3) is 0 Å². The number of hydrogen-bond acceptors (Lipinski definition) is 5. The summed E-state index contributed by atoms with van der Waals surface area (Å²) in [6.07, 6.45) is -1.63. The number of amides is 1. The molecule has 164 valence electrons. The number of anilines is 2. The first-order valence-electron chi connectivity index (χ1n) is 10.1. The molecule has 3 aromatic carbocycles. The van der Waals surface area contributed by atoms with E-state index in [0.29, 0.717) is 27.7 Å². The van der Waals surface area contributed by atoms with Crippen LogP contribution in [0.2, 0.25) is 5.02 Å². The maximum absolute atomic E-state index is 14.0. The number of ether oxygens (including phenoxy) is 1. The minimum absolute atomic E-state index is 0.243. The molecule has 0 bridgehead atoms. The van der Waals surface area contributed by atoms with Crippen molar-refractivity contribution in [3.63, 3.8) is 0 Å². The number of hydrogen-bond donors (Lipinski definition) is 2. The standard InChI is InChI=1S/C25H23ClN2O4/c1-16(29)23(30)25(27-18-11-13-19(32-2)14-12-18)20-9-6-10-21(26)22(20)28(24(25)31)15-17-7-4-3-5-8-17/h3-14,23,27,30H,15H2,1-2H3/t23-,25+/m0/s1.